The fourth-order valence-corrected chi connectivity index (χ4v) is 0.836. The third kappa shape index (κ3) is 4.77. The molecule has 0 spiro atoms. The Bertz CT molecular complexity index is 63.7. The van der Waals surface area contributed by atoms with Gasteiger partial charge in [-0.05, 0) is 25.7 Å². The minimum absolute atomic E-state index is 0.359. The molecule has 0 unspecified atom stereocenters. The molecule has 0 aliphatic heterocycles. The van der Waals surface area contributed by atoms with E-state index in [9.17, 15) is 0 Å². The van der Waals surface area contributed by atoms with Crippen LogP contribution in [0.2, 0.25) is 0 Å². The van der Waals surface area contributed by atoms with Crippen LogP contribution in [0.25, 0.3) is 0 Å². The number of hydrogen-bond donors (Lipinski definition) is 2. The summed E-state index contributed by atoms with van der Waals surface area (Å²) in [7, 11) is 0. The van der Waals surface area contributed by atoms with Crippen LogP contribution in [-0.2, 0) is 0 Å². The maximum absolute atomic E-state index is 5.72. The van der Waals surface area contributed by atoms with Gasteiger partial charge in [0.1, 0.15) is 0 Å². The lowest BCUT2D eigenvalue weighted by Crippen LogP contribution is -2.25. The van der Waals surface area contributed by atoms with Crippen LogP contribution in [0, 0.1) is 0 Å². The topological polar surface area (TPSA) is 52.0 Å². The van der Waals surface area contributed by atoms with Crippen molar-refractivity contribution in [2.75, 3.05) is 0 Å². The van der Waals surface area contributed by atoms with Gasteiger partial charge in [0.05, 0.1) is 0 Å². The molecule has 0 heterocycles. The van der Waals surface area contributed by atoms with Crippen LogP contribution in [-0.4, -0.2) is 12.1 Å². The molecule has 2 nitrogen and oxygen atoms in total. The van der Waals surface area contributed by atoms with Crippen LogP contribution >= 0.6 is 0 Å². The van der Waals surface area contributed by atoms with E-state index in [4.69, 9.17) is 11.5 Å². The summed E-state index contributed by atoms with van der Waals surface area (Å²) in [5, 5.41) is 0. The largest absolute Gasteiger partial charge is 0.328 e. The summed E-state index contributed by atoms with van der Waals surface area (Å²) in [6.45, 7) is 4.23. The smallest absolute Gasteiger partial charge is 0.00367 e. The summed E-state index contributed by atoms with van der Waals surface area (Å²) >= 11 is 0. The zero-order chi connectivity index (χ0) is 7.98. The van der Waals surface area contributed by atoms with Crippen LogP contribution in [0.5, 0.6) is 0 Å². The molecule has 2 heteroatoms. The maximum atomic E-state index is 5.72. The first-order valence-corrected chi connectivity index (χ1v) is 4.21. The lowest BCUT2D eigenvalue weighted by Gasteiger charge is -2.11. The van der Waals surface area contributed by atoms with E-state index >= 15 is 0 Å². The minimum Gasteiger partial charge on any atom is -0.328 e. The van der Waals surface area contributed by atoms with E-state index < -0.39 is 0 Å². The Labute approximate surface area is 64.0 Å². The number of nitrogens with two attached hydrogens (primary N) is 2. The van der Waals surface area contributed by atoms with Crippen LogP contribution in [0.3, 0.4) is 0 Å². The fourth-order valence-electron chi connectivity index (χ4n) is 0.836. The van der Waals surface area contributed by atoms with E-state index in [-0.39, 0.29) is 0 Å². The molecule has 0 amide bonds. The van der Waals surface area contributed by atoms with Gasteiger partial charge >= 0.3 is 0 Å². The molecule has 0 aliphatic rings. The van der Waals surface area contributed by atoms with Crippen LogP contribution in [0.4, 0.5) is 0 Å². The van der Waals surface area contributed by atoms with Gasteiger partial charge in [-0.3, -0.25) is 0 Å². The predicted octanol–water partition coefficient (Wildman–Crippen LogP) is 1.24. The third-order valence-corrected chi connectivity index (χ3v) is 1.96. The Hall–Kier alpha value is -0.0800. The van der Waals surface area contributed by atoms with E-state index in [2.05, 4.69) is 13.8 Å². The normalized spacial score (nSPS) is 16.8. The molecule has 2 atom stereocenters. The monoisotopic (exact) mass is 144 g/mol. The van der Waals surface area contributed by atoms with Crippen LogP contribution < -0.4 is 11.5 Å². The van der Waals surface area contributed by atoms with Gasteiger partial charge in [-0.1, -0.05) is 13.8 Å². The first-order valence-electron chi connectivity index (χ1n) is 4.21. The Morgan fingerprint density at radius 2 is 1.20 bits per heavy atom. The van der Waals surface area contributed by atoms with E-state index in [1.807, 2.05) is 0 Å². The second-order valence-electron chi connectivity index (χ2n) is 2.91. The van der Waals surface area contributed by atoms with Gasteiger partial charge in [0, 0.05) is 12.1 Å². The molecule has 0 saturated carbocycles. The van der Waals surface area contributed by atoms with Gasteiger partial charge in [0.25, 0.3) is 0 Å². The summed E-state index contributed by atoms with van der Waals surface area (Å²) in [4.78, 5) is 0. The Morgan fingerprint density at radius 3 is 1.40 bits per heavy atom. The molecule has 0 bridgehead atoms. The molecule has 4 N–H and O–H groups in total. The van der Waals surface area contributed by atoms with Crippen molar-refractivity contribution in [2.24, 2.45) is 11.5 Å². The van der Waals surface area contributed by atoms with Crippen molar-refractivity contribution in [1.29, 1.82) is 0 Å². The first kappa shape index (κ1) is 9.92. The molecule has 0 aliphatic carbocycles. The van der Waals surface area contributed by atoms with Gasteiger partial charge in [0.15, 0.2) is 0 Å². The van der Waals surface area contributed by atoms with Gasteiger partial charge in [-0.15, -0.1) is 0 Å². The summed E-state index contributed by atoms with van der Waals surface area (Å²) in [5.74, 6) is 0. The summed E-state index contributed by atoms with van der Waals surface area (Å²) in [5.41, 5.74) is 11.4. The van der Waals surface area contributed by atoms with Crippen molar-refractivity contribution in [2.45, 2.75) is 51.6 Å². The molecular weight excluding hydrogens is 124 g/mol. The van der Waals surface area contributed by atoms with Crippen LogP contribution in [0.1, 0.15) is 39.5 Å². The van der Waals surface area contributed by atoms with Crippen molar-refractivity contribution in [3.05, 3.63) is 0 Å². The van der Waals surface area contributed by atoms with E-state index in [1.54, 1.807) is 0 Å². The average molecular weight is 144 g/mol. The van der Waals surface area contributed by atoms with Crippen molar-refractivity contribution < 1.29 is 0 Å². The molecule has 0 rings (SSSR count). The first-order chi connectivity index (χ1) is 4.70. The molecule has 0 aromatic carbocycles. The van der Waals surface area contributed by atoms with E-state index in [1.165, 1.54) is 0 Å². The molecule has 0 saturated heterocycles. The zero-order valence-electron chi connectivity index (χ0n) is 7.14. The van der Waals surface area contributed by atoms with Gasteiger partial charge in [0.2, 0.25) is 0 Å². The van der Waals surface area contributed by atoms with Crippen molar-refractivity contribution in [3.8, 4) is 0 Å². The highest BCUT2D eigenvalue weighted by atomic mass is 14.6. The predicted molar refractivity (Wildman–Crippen MR) is 45.8 cm³/mol. The number of hydrogen-bond acceptors (Lipinski definition) is 2. The fraction of sp³-hybridized carbons (Fsp3) is 1.00. The maximum Gasteiger partial charge on any atom is 0.00367 e. The van der Waals surface area contributed by atoms with Gasteiger partial charge in [-0.2, -0.15) is 0 Å². The molecule has 0 aromatic heterocycles. The second kappa shape index (κ2) is 5.69. The summed E-state index contributed by atoms with van der Waals surface area (Å²) in [6.07, 6.45) is 4.28. The molecule has 10 heavy (non-hydrogen) atoms. The Kier molecular flexibility index (Phi) is 5.64. The number of rotatable bonds is 5. The van der Waals surface area contributed by atoms with E-state index in [0.717, 1.165) is 25.7 Å². The summed E-state index contributed by atoms with van der Waals surface area (Å²) < 4.78 is 0. The van der Waals surface area contributed by atoms with Crippen LogP contribution in [0.15, 0.2) is 0 Å². The van der Waals surface area contributed by atoms with E-state index in [0.29, 0.717) is 12.1 Å². The summed E-state index contributed by atoms with van der Waals surface area (Å²) in [6, 6.07) is 0.718. The molecule has 0 fully saturated rings. The molecule has 0 radical (unpaired) electrons. The van der Waals surface area contributed by atoms with Gasteiger partial charge < -0.3 is 11.5 Å². The highest BCUT2D eigenvalue weighted by molar-refractivity contribution is 4.64. The lowest BCUT2D eigenvalue weighted by molar-refractivity contribution is 0.502. The van der Waals surface area contributed by atoms with Gasteiger partial charge in [-0.25, -0.2) is 0 Å². The lowest BCUT2D eigenvalue weighted by atomic mass is 10.0. The van der Waals surface area contributed by atoms with Crippen molar-refractivity contribution in [1.82, 2.24) is 0 Å². The third-order valence-electron chi connectivity index (χ3n) is 1.96. The highest BCUT2D eigenvalue weighted by Gasteiger charge is 2.02. The average Bonchev–Trinajstić information content (AvgIpc) is 1.99. The molecular formula is C8H20N2. The standard InChI is InChI=1S/C8H20N2/c1-3-7(9)5-6-8(10)4-2/h7-8H,3-6,9-10H2,1-2H3/t7-,8-/m0/s1. The quantitative estimate of drug-likeness (QED) is 0.610. The minimum atomic E-state index is 0.359. The zero-order valence-corrected chi connectivity index (χ0v) is 7.14. The Morgan fingerprint density at radius 1 is 0.900 bits per heavy atom. The Balaban J connectivity index is 3.17. The molecule has 62 valence electrons. The second-order valence-corrected chi connectivity index (χ2v) is 2.91. The molecule has 0 aromatic rings. The van der Waals surface area contributed by atoms with Crippen molar-refractivity contribution in [3.63, 3.8) is 0 Å². The highest BCUT2D eigenvalue weighted by Crippen LogP contribution is 2.02. The van der Waals surface area contributed by atoms with Crippen molar-refractivity contribution >= 4 is 0 Å². The SMILES string of the molecule is CC[C@H](N)CC[C@@H](N)CC.